The first-order chi connectivity index (χ1) is 19.9. The Hall–Kier alpha value is -4.64. The highest BCUT2D eigenvalue weighted by molar-refractivity contribution is 6.35. The lowest BCUT2D eigenvalue weighted by molar-refractivity contribution is 0.0730. The molecule has 0 radical (unpaired) electrons. The molecule has 5 rings (SSSR count). The van der Waals surface area contributed by atoms with E-state index in [9.17, 15) is 10.1 Å². The standard InChI is InChI=1S/C32H24Cl2N2O5/c1-2-38-28-6-4-3-5-25(28)32(37)40-23-13-14-24-29(16-23)41-31(36)26(17-35)30(24)19-8-11-22(12-9-19)39-18-20-7-10-21(33)15-27(20)34/h3-16,30H,2,18,36H2,1H3. The molecule has 2 N–H and O–H groups in total. The molecule has 4 aromatic carbocycles. The van der Waals surface area contributed by atoms with E-state index in [2.05, 4.69) is 6.07 Å². The van der Waals surface area contributed by atoms with Gasteiger partial charge >= 0.3 is 5.97 Å². The van der Waals surface area contributed by atoms with Gasteiger partial charge in [0.15, 0.2) is 0 Å². The molecule has 41 heavy (non-hydrogen) atoms. The molecular weight excluding hydrogens is 563 g/mol. The zero-order valence-electron chi connectivity index (χ0n) is 21.9. The van der Waals surface area contributed by atoms with Crippen molar-refractivity contribution in [3.05, 3.63) is 129 Å². The maximum absolute atomic E-state index is 12.9. The molecule has 0 saturated carbocycles. The Labute approximate surface area is 247 Å². The van der Waals surface area contributed by atoms with Crippen LogP contribution in [0.1, 0.15) is 39.9 Å². The van der Waals surface area contributed by atoms with Crippen molar-refractivity contribution in [3.63, 3.8) is 0 Å². The molecule has 0 fully saturated rings. The van der Waals surface area contributed by atoms with Crippen molar-refractivity contribution < 1.29 is 23.7 Å². The number of esters is 1. The summed E-state index contributed by atoms with van der Waals surface area (Å²) < 4.78 is 22.8. The van der Waals surface area contributed by atoms with Gasteiger partial charge in [-0.25, -0.2) is 4.79 Å². The number of halogens is 2. The van der Waals surface area contributed by atoms with Crippen LogP contribution in [0.25, 0.3) is 0 Å². The Bertz CT molecular complexity index is 1680. The number of ether oxygens (including phenoxy) is 4. The van der Waals surface area contributed by atoms with Crippen molar-refractivity contribution in [1.29, 1.82) is 5.26 Å². The van der Waals surface area contributed by atoms with E-state index in [1.54, 1.807) is 54.6 Å². The third-order valence-electron chi connectivity index (χ3n) is 6.43. The summed E-state index contributed by atoms with van der Waals surface area (Å²) >= 11 is 12.2. The molecule has 1 unspecified atom stereocenters. The number of nitriles is 1. The zero-order chi connectivity index (χ0) is 28.9. The number of rotatable bonds is 8. The second-order valence-corrected chi connectivity index (χ2v) is 9.88. The number of para-hydroxylation sites is 1. The molecule has 0 aromatic heterocycles. The van der Waals surface area contributed by atoms with Crippen molar-refractivity contribution >= 4 is 29.2 Å². The second kappa shape index (κ2) is 12.3. The van der Waals surface area contributed by atoms with Crippen LogP contribution in [0.15, 0.2) is 96.4 Å². The summed E-state index contributed by atoms with van der Waals surface area (Å²) in [5.41, 5.74) is 9.05. The molecule has 1 aliphatic heterocycles. The molecule has 1 aliphatic rings. The van der Waals surface area contributed by atoms with E-state index in [-0.39, 0.29) is 23.8 Å². The molecule has 1 atom stereocenters. The van der Waals surface area contributed by atoms with E-state index in [0.29, 0.717) is 45.0 Å². The average Bonchev–Trinajstić information content (AvgIpc) is 2.96. The number of nitrogens with zero attached hydrogens (tertiary/aromatic N) is 1. The maximum Gasteiger partial charge on any atom is 0.347 e. The van der Waals surface area contributed by atoms with Crippen LogP contribution in [0.5, 0.6) is 23.0 Å². The molecule has 9 heteroatoms. The van der Waals surface area contributed by atoms with Gasteiger partial charge in [-0.2, -0.15) is 5.26 Å². The predicted octanol–water partition coefficient (Wildman–Crippen LogP) is 7.41. The van der Waals surface area contributed by atoms with E-state index in [4.69, 9.17) is 47.9 Å². The fourth-order valence-electron chi connectivity index (χ4n) is 4.48. The molecule has 4 aromatic rings. The summed E-state index contributed by atoms with van der Waals surface area (Å²) in [6.07, 6.45) is 0. The third-order valence-corrected chi connectivity index (χ3v) is 7.02. The summed E-state index contributed by atoms with van der Waals surface area (Å²) in [6, 6.07) is 26.6. The number of nitrogens with two attached hydrogens (primary N) is 1. The summed E-state index contributed by atoms with van der Waals surface area (Å²) in [4.78, 5) is 12.9. The van der Waals surface area contributed by atoms with E-state index in [1.807, 2.05) is 37.3 Å². The molecule has 0 bridgehead atoms. The number of allylic oxidation sites excluding steroid dienone is 1. The molecule has 0 spiro atoms. The predicted molar refractivity (Wildman–Crippen MR) is 156 cm³/mol. The van der Waals surface area contributed by atoms with Crippen LogP contribution < -0.4 is 24.7 Å². The second-order valence-electron chi connectivity index (χ2n) is 9.04. The molecule has 0 amide bonds. The van der Waals surface area contributed by atoms with Gasteiger partial charge in [-0.3, -0.25) is 0 Å². The van der Waals surface area contributed by atoms with Gasteiger partial charge in [0.1, 0.15) is 46.8 Å². The zero-order valence-corrected chi connectivity index (χ0v) is 23.4. The normalized spacial score (nSPS) is 14.0. The Morgan fingerprint density at radius 1 is 0.976 bits per heavy atom. The summed E-state index contributed by atoms with van der Waals surface area (Å²) in [5.74, 6) is 0.614. The minimum absolute atomic E-state index is 0.0205. The van der Waals surface area contributed by atoms with Crippen LogP contribution in [0.2, 0.25) is 10.0 Å². The molecular formula is C32H24Cl2N2O5. The number of fused-ring (bicyclic) bond motifs is 1. The first-order valence-electron chi connectivity index (χ1n) is 12.7. The SMILES string of the molecule is CCOc1ccccc1C(=O)Oc1ccc2c(c1)OC(N)=C(C#N)C2c1ccc(OCc2ccc(Cl)cc2Cl)cc1. The summed E-state index contributed by atoms with van der Waals surface area (Å²) in [5, 5.41) is 11.0. The average molecular weight is 587 g/mol. The van der Waals surface area contributed by atoms with Gasteiger partial charge in [-0.05, 0) is 55.0 Å². The van der Waals surface area contributed by atoms with Crippen LogP contribution in [0.3, 0.4) is 0 Å². The van der Waals surface area contributed by atoms with Crippen molar-refractivity contribution in [2.24, 2.45) is 5.73 Å². The van der Waals surface area contributed by atoms with Crippen molar-refractivity contribution in [3.8, 4) is 29.1 Å². The first kappa shape index (κ1) is 27.9. The molecule has 0 aliphatic carbocycles. The smallest absolute Gasteiger partial charge is 0.347 e. The molecule has 206 valence electrons. The van der Waals surface area contributed by atoms with Crippen LogP contribution in [0.4, 0.5) is 0 Å². The van der Waals surface area contributed by atoms with Gasteiger partial charge in [0.05, 0.1) is 12.5 Å². The lowest BCUT2D eigenvalue weighted by atomic mass is 9.83. The summed E-state index contributed by atoms with van der Waals surface area (Å²) in [7, 11) is 0. The Morgan fingerprint density at radius 3 is 2.46 bits per heavy atom. The van der Waals surface area contributed by atoms with Crippen LogP contribution in [-0.2, 0) is 6.61 Å². The Morgan fingerprint density at radius 2 is 1.73 bits per heavy atom. The van der Waals surface area contributed by atoms with E-state index in [0.717, 1.165) is 11.1 Å². The fourth-order valence-corrected chi connectivity index (χ4v) is 4.94. The largest absolute Gasteiger partial charge is 0.493 e. The highest BCUT2D eigenvalue weighted by atomic mass is 35.5. The van der Waals surface area contributed by atoms with Gasteiger partial charge in [0.25, 0.3) is 0 Å². The number of benzene rings is 4. The lowest BCUT2D eigenvalue weighted by Gasteiger charge is -2.27. The number of carbonyl (C=O) groups excluding carboxylic acids is 1. The number of carbonyl (C=O) groups is 1. The lowest BCUT2D eigenvalue weighted by Crippen LogP contribution is -2.21. The van der Waals surface area contributed by atoms with Crippen molar-refractivity contribution in [2.45, 2.75) is 19.4 Å². The Balaban J connectivity index is 1.37. The minimum Gasteiger partial charge on any atom is -0.493 e. The van der Waals surface area contributed by atoms with E-state index >= 15 is 0 Å². The monoisotopic (exact) mass is 586 g/mol. The van der Waals surface area contributed by atoms with Gasteiger partial charge < -0.3 is 24.7 Å². The minimum atomic E-state index is -0.571. The summed E-state index contributed by atoms with van der Waals surface area (Å²) in [6.45, 7) is 2.52. The highest BCUT2D eigenvalue weighted by Crippen LogP contribution is 2.44. The van der Waals surface area contributed by atoms with Crippen LogP contribution in [-0.4, -0.2) is 12.6 Å². The third kappa shape index (κ3) is 6.09. The quantitative estimate of drug-likeness (QED) is 0.169. The van der Waals surface area contributed by atoms with Gasteiger partial charge in [0, 0.05) is 27.2 Å². The van der Waals surface area contributed by atoms with Crippen LogP contribution >= 0.6 is 23.2 Å². The fraction of sp³-hybridized carbons (Fsp3) is 0.125. The van der Waals surface area contributed by atoms with Gasteiger partial charge in [-0.1, -0.05) is 59.6 Å². The molecule has 7 nitrogen and oxygen atoms in total. The number of hydrogen-bond acceptors (Lipinski definition) is 7. The first-order valence-corrected chi connectivity index (χ1v) is 13.5. The Kier molecular flexibility index (Phi) is 8.34. The molecule has 0 saturated heterocycles. The molecule has 1 heterocycles. The van der Waals surface area contributed by atoms with E-state index in [1.165, 1.54) is 0 Å². The maximum atomic E-state index is 12.9. The van der Waals surface area contributed by atoms with Crippen molar-refractivity contribution in [1.82, 2.24) is 0 Å². The van der Waals surface area contributed by atoms with Gasteiger partial charge in [-0.15, -0.1) is 0 Å². The van der Waals surface area contributed by atoms with Crippen LogP contribution in [0, 0.1) is 11.3 Å². The van der Waals surface area contributed by atoms with Gasteiger partial charge in [0.2, 0.25) is 5.88 Å². The topological polar surface area (TPSA) is 104 Å². The van der Waals surface area contributed by atoms with E-state index < -0.39 is 11.9 Å². The highest BCUT2D eigenvalue weighted by Gasteiger charge is 2.31. The number of hydrogen-bond donors (Lipinski definition) is 1. The van der Waals surface area contributed by atoms with Crippen molar-refractivity contribution in [2.75, 3.05) is 6.61 Å².